The molecule has 1 aromatic carbocycles. The van der Waals surface area contributed by atoms with E-state index in [0.717, 1.165) is 38.3 Å². The van der Waals surface area contributed by atoms with Crippen molar-refractivity contribution in [3.05, 3.63) is 35.1 Å². The molecule has 4 nitrogen and oxygen atoms in total. The zero-order chi connectivity index (χ0) is 17.0. The van der Waals surface area contributed by atoms with Gasteiger partial charge in [-0.05, 0) is 44.9 Å². The van der Waals surface area contributed by atoms with Gasteiger partial charge >= 0.3 is 5.97 Å². The Bertz CT molecular complexity index is 546. The molecule has 0 bridgehead atoms. The average molecular weight is 322 g/mol. The maximum absolute atomic E-state index is 13.3. The van der Waals surface area contributed by atoms with E-state index in [1.54, 1.807) is 6.92 Å². The fraction of sp³-hybridized carbons (Fsp3) is 0.611. The predicted octanol–water partition coefficient (Wildman–Crippen LogP) is 2.59. The Hall–Kier alpha value is -1.46. The monoisotopic (exact) mass is 322 g/mol. The van der Waals surface area contributed by atoms with Crippen molar-refractivity contribution < 1.29 is 13.9 Å². The molecule has 1 saturated heterocycles. The molecule has 2 rings (SSSR count). The third kappa shape index (κ3) is 5.92. The second-order valence-electron chi connectivity index (χ2n) is 7.22. The fourth-order valence-corrected chi connectivity index (χ4v) is 2.73. The van der Waals surface area contributed by atoms with Crippen LogP contribution < -0.4 is 0 Å². The summed E-state index contributed by atoms with van der Waals surface area (Å²) in [6, 6.07) is 5.28. The molecule has 0 aliphatic carbocycles. The predicted molar refractivity (Wildman–Crippen MR) is 88.7 cm³/mol. The number of hydrogen-bond acceptors (Lipinski definition) is 4. The van der Waals surface area contributed by atoms with Crippen LogP contribution in [0.3, 0.4) is 0 Å². The molecule has 1 fully saturated rings. The Morgan fingerprint density at radius 2 is 1.78 bits per heavy atom. The van der Waals surface area contributed by atoms with Gasteiger partial charge in [0.25, 0.3) is 0 Å². The van der Waals surface area contributed by atoms with E-state index in [9.17, 15) is 9.18 Å². The Balaban J connectivity index is 1.77. The number of carbonyl (C=O) groups excluding carboxylic acids is 1. The molecule has 1 aliphatic rings. The number of esters is 1. The molecule has 0 saturated carbocycles. The van der Waals surface area contributed by atoms with E-state index in [0.29, 0.717) is 12.1 Å². The van der Waals surface area contributed by atoms with Gasteiger partial charge in [0.1, 0.15) is 11.4 Å². The molecule has 0 N–H and O–H groups in total. The quantitative estimate of drug-likeness (QED) is 0.798. The third-order valence-electron chi connectivity index (χ3n) is 3.87. The lowest BCUT2D eigenvalue weighted by Gasteiger charge is -2.34. The summed E-state index contributed by atoms with van der Waals surface area (Å²) in [6.45, 7) is 12.1. The molecular weight excluding hydrogens is 295 g/mol. The highest BCUT2D eigenvalue weighted by Gasteiger charge is 2.22. The van der Waals surface area contributed by atoms with Crippen molar-refractivity contribution in [1.82, 2.24) is 9.80 Å². The van der Waals surface area contributed by atoms with E-state index in [4.69, 9.17) is 4.74 Å². The molecule has 1 aliphatic heterocycles. The van der Waals surface area contributed by atoms with Crippen molar-refractivity contribution in [2.75, 3.05) is 32.7 Å². The van der Waals surface area contributed by atoms with Gasteiger partial charge in [-0.15, -0.1) is 0 Å². The third-order valence-corrected chi connectivity index (χ3v) is 3.87. The number of hydrogen-bond donors (Lipinski definition) is 0. The second-order valence-corrected chi connectivity index (χ2v) is 7.22. The first-order valence-corrected chi connectivity index (χ1v) is 8.14. The SMILES string of the molecule is Cc1cc(CN2CCN(CC(=O)OC(C)(C)C)CC2)ccc1F. The lowest BCUT2D eigenvalue weighted by Crippen LogP contribution is -2.48. The topological polar surface area (TPSA) is 32.8 Å². The summed E-state index contributed by atoms with van der Waals surface area (Å²) < 4.78 is 18.7. The number of rotatable bonds is 4. The molecule has 0 spiro atoms. The zero-order valence-electron chi connectivity index (χ0n) is 14.6. The summed E-state index contributed by atoms with van der Waals surface area (Å²) in [4.78, 5) is 16.3. The number of piperazine rings is 1. The first-order valence-electron chi connectivity index (χ1n) is 8.14. The maximum Gasteiger partial charge on any atom is 0.320 e. The molecule has 0 atom stereocenters. The Labute approximate surface area is 138 Å². The minimum absolute atomic E-state index is 0.157. The van der Waals surface area contributed by atoms with Gasteiger partial charge < -0.3 is 4.74 Å². The van der Waals surface area contributed by atoms with Crippen molar-refractivity contribution >= 4 is 5.97 Å². The molecule has 0 radical (unpaired) electrons. The van der Waals surface area contributed by atoms with Crippen molar-refractivity contribution in [1.29, 1.82) is 0 Å². The Morgan fingerprint density at radius 3 is 2.35 bits per heavy atom. The van der Waals surface area contributed by atoms with Crippen LogP contribution in [0.25, 0.3) is 0 Å². The van der Waals surface area contributed by atoms with Gasteiger partial charge in [0, 0.05) is 32.7 Å². The molecule has 1 heterocycles. The summed E-state index contributed by atoms with van der Waals surface area (Å²) in [6.07, 6.45) is 0. The van der Waals surface area contributed by atoms with E-state index >= 15 is 0 Å². The number of aryl methyl sites for hydroxylation is 1. The molecule has 23 heavy (non-hydrogen) atoms. The van der Waals surface area contributed by atoms with Crippen LogP contribution in [0.4, 0.5) is 4.39 Å². The van der Waals surface area contributed by atoms with E-state index in [1.807, 2.05) is 32.9 Å². The fourth-order valence-electron chi connectivity index (χ4n) is 2.73. The van der Waals surface area contributed by atoms with E-state index < -0.39 is 5.60 Å². The number of benzene rings is 1. The molecule has 0 aromatic heterocycles. The smallest absolute Gasteiger partial charge is 0.320 e. The first-order chi connectivity index (χ1) is 10.7. The van der Waals surface area contributed by atoms with Gasteiger partial charge in [0.2, 0.25) is 0 Å². The zero-order valence-corrected chi connectivity index (χ0v) is 14.6. The lowest BCUT2D eigenvalue weighted by atomic mass is 10.1. The van der Waals surface area contributed by atoms with Crippen LogP contribution in [-0.4, -0.2) is 54.1 Å². The standard InChI is InChI=1S/C18H27FN2O2/c1-14-11-15(5-6-16(14)19)12-20-7-9-21(10-8-20)13-17(22)23-18(2,3)4/h5-6,11H,7-10,12-13H2,1-4H3. The summed E-state index contributed by atoms with van der Waals surface area (Å²) in [7, 11) is 0. The first kappa shape index (κ1) is 17.9. The van der Waals surface area contributed by atoms with Gasteiger partial charge in [-0.2, -0.15) is 0 Å². The van der Waals surface area contributed by atoms with Gasteiger partial charge in [0.15, 0.2) is 0 Å². The second kappa shape index (κ2) is 7.41. The highest BCUT2D eigenvalue weighted by Crippen LogP contribution is 2.13. The summed E-state index contributed by atoms with van der Waals surface area (Å²) >= 11 is 0. The van der Waals surface area contributed by atoms with Gasteiger partial charge in [-0.3, -0.25) is 14.6 Å². The van der Waals surface area contributed by atoms with Crippen LogP contribution in [0.2, 0.25) is 0 Å². The van der Waals surface area contributed by atoms with Crippen LogP contribution in [0.15, 0.2) is 18.2 Å². The molecule has 1 aromatic rings. The number of carbonyl (C=O) groups is 1. The van der Waals surface area contributed by atoms with Crippen molar-refractivity contribution in [2.45, 2.75) is 39.8 Å². The highest BCUT2D eigenvalue weighted by atomic mass is 19.1. The van der Waals surface area contributed by atoms with Crippen LogP contribution >= 0.6 is 0 Å². The molecule has 0 unspecified atom stereocenters. The van der Waals surface area contributed by atoms with Gasteiger partial charge in [-0.25, -0.2) is 4.39 Å². The van der Waals surface area contributed by atoms with Crippen LogP contribution in [-0.2, 0) is 16.1 Å². The summed E-state index contributed by atoms with van der Waals surface area (Å²) in [5.74, 6) is -0.323. The van der Waals surface area contributed by atoms with Crippen LogP contribution in [0, 0.1) is 12.7 Å². The molecular formula is C18H27FN2O2. The van der Waals surface area contributed by atoms with E-state index in [1.165, 1.54) is 6.07 Å². The van der Waals surface area contributed by atoms with E-state index in [-0.39, 0.29) is 11.8 Å². The number of nitrogens with zero attached hydrogens (tertiary/aromatic N) is 2. The van der Waals surface area contributed by atoms with Crippen LogP contribution in [0.1, 0.15) is 31.9 Å². The normalized spacial score (nSPS) is 17.3. The summed E-state index contributed by atoms with van der Waals surface area (Å²) in [5, 5.41) is 0. The lowest BCUT2D eigenvalue weighted by molar-refractivity contribution is -0.156. The van der Waals surface area contributed by atoms with Gasteiger partial charge in [0.05, 0.1) is 6.54 Å². The molecule has 128 valence electrons. The molecule has 0 amide bonds. The maximum atomic E-state index is 13.3. The Kier molecular flexibility index (Phi) is 5.76. The van der Waals surface area contributed by atoms with Crippen molar-refractivity contribution in [3.63, 3.8) is 0 Å². The van der Waals surface area contributed by atoms with Crippen molar-refractivity contribution in [2.24, 2.45) is 0 Å². The van der Waals surface area contributed by atoms with Crippen molar-refractivity contribution in [3.8, 4) is 0 Å². The van der Waals surface area contributed by atoms with Gasteiger partial charge in [-0.1, -0.05) is 12.1 Å². The highest BCUT2D eigenvalue weighted by molar-refractivity contribution is 5.72. The van der Waals surface area contributed by atoms with E-state index in [2.05, 4.69) is 9.80 Å². The minimum atomic E-state index is -0.431. The van der Waals surface area contributed by atoms with Crippen LogP contribution in [0.5, 0.6) is 0 Å². The number of ether oxygens (including phenoxy) is 1. The average Bonchev–Trinajstić information content (AvgIpc) is 2.43. The minimum Gasteiger partial charge on any atom is -0.459 e. The largest absolute Gasteiger partial charge is 0.459 e. The molecule has 5 heteroatoms. The summed E-state index contributed by atoms with van der Waals surface area (Å²) in [5.41, 5.74) is 1.38. The Morgan fingerprint density at radius 1 is 1.17 bits per heavy atom. The number of halogens is 1.